The molecule has 0 aliphatic rings. The fourth-order valence-electron chi connectivity index (χ4n) is 2.34. The molecule has 1 rings (SSSR count). The topological polar surface area (TPSA) is 49.4 Å². The Hall–Kier alpha value is -0.910. The first-order chi connectivity index (χ1) is 9.54. The summed E-state index contributed by atoms with van der Waals surface area (Å²) in [5, 5.41) is 0. The highest BCUT2D eigenvalue weighted by Gasteiger charge is 2.20. The average Bonchev–Trinajstić information content (AvgIpc) is 2.44. The van der Waals surface area contributed by atoms with E-state index in [4.69, 9.17) is 0 Å². The van der Waals surface area contributed by atoms with Gasteiger partial charge in [0.25, 0.3) is 0 Å². The first-order valence-corrected chi connectivity index (χ1v) is 8.95. The van der Waals surface area contributed by atoms with Crippen LogP contribution in [0.5, 0.6) is 0 Å². The van der Waals surface area contributed by atoms with Crippen LogP contribution in [0.1, 0.15) is 38.8 Å². The molecule has 1 aromatic carbocycles. The summed E-state index contributed by atoms with van der Waals surface area (Å²) in [7, 11) is -3.16. The zero-order valence-corrected chi connectivity index (χ0v) is 13.5. The molecule has 0 saturated carbocycles. The van der Waals surface area contributed by atoms with Crippen LogP contribution in [0.25, 0.3) is 0 Å². The van der Waals surface area contributed by atoms with Gasteiger partial charge in [-0.2, -0.15) is 0 Å². The van der Waals surface area contributed by atoms with E-state index in [1.165, 1.54) is 0 Å². The summed E-state index contributed by atoms with van der Waals surface area (Å²) in [6, 6.07) is 10.1. The molecule has 0 spiro atoms. The van der Waals surface area contributed by atoms with Crippen molar-refractivity contribution in [1.29, 1.82) is 0 Å². The number of nitrogens with zero attached hydrogens (tertiary/aromatic N) is 1. The molecule has 0 saturated heterocycles. The smallest absolute Gasteiger partial charge is 0.211 e. The maximum absolute atomic E-state index is 11.8. The Morgan fingerprint density at radius 1 is 1.10 bits per heavy atom. The zero-order valence-electron chi connectivity index (χ0n) is 12.7. The maximum Gasteiger partial charge on any atom is 0.211 e. The summed E-state index contributed by atoms with van der Waals surface area (Å²) in [5.41, 5.74) is 1.15. The molecule has 20 heavy (non-hydrogen) atoms. The van der Waals surface area contributed by atoms with Gasteiger partial charge in [-0.3, -0.25) is 4.90 Å². The lowest BCUT2D eigenvalue weighted by molar-refractivity contribution is 0.220. The Balaban J connectivity index is 2.84. The zero-order chi connectivity index (χ0) is 15.0. The molecule has 0 aliphatic heterocycles. The second kappa shape index (κ2) is 8.39. The fourth-order valence-corrected chi connectivity index (χ4v) is 3.44. The van der Waals surface area contributed by atoms with Crippen molar-refractivity contribution in [2.75, 3.05) is 25.4 Å². The van der Waals surface area contributed by atoms with Crippen LogP contribution in [0, 0.1) is 0 Å². The molecule has 0 aromatic heterocycles. The van der Waals surface area contributed by atoms with Crippen molar-refractivity contribution in [3.05, 3.63) is 35.9 Å². The summed E-state index contributed by atoms with van der Waals surface area (Å²) in [6.45, 7) is 8.28. The minimum atomic E-state index is -3.16. The van der Waals surface area contributed by atoms with Crippen molar-refractivity contribution < 1.29 is 8.42 Å². The van der Waals surface area contributed by atoms with E-state index in [0.29, 0.717) is 13.0 Å². The standard InChI is InChI=1S/C15H26N2O2S/c1-4-12-20(18,19)16-13-15(17(5-2)6-3)14-10-8-7-9-11-14/h7-11,15-16H,4-6,12-13H2,1-3H3. The summed E-state index contributed by atoms with van der Waals surface area (Å²) >= 11 is 0. The van der Waals surface area contributed by atoms with E-state index in [9.17, 15) is 8.42 Å². The molecule has 0 radical (unpaired) electrons. The number of hydrogen-bond donors (Lipinski definition) is 1. The molecule has 0 amide bonds. The van der Waals surface area contributed by atoms with E-state index >= 15 is 0 Å². The van der Waals surface area contributed by atoms with E-state index in [-0.39, 0.29) is 11.8 Å². The maximum atomic E-state index is 11.8. The van der Waals surface area contributed by atoms with Crippen molar-refractivity contribution in [3.63, 3.8) is 0 Å². The van der Waals surface area contributed by atoms with E-state index in [1.807, 2.05) is 25.1 Å². The van der Waals surface area contributed by atoms with Crippen LogP contribution in [0.15, 0.2) is 30.3 Å². The quantitative estimate of drug-likeness (QED) is 0.761. The third kappa shape index (κ3) is 5.23. The highest BCUT2D eigenvalue weighted by molar-refractivity contribution is 7.89. The molecule has 1 atom stereocenters. The second-order valence-electron chi connectivity index (χ2n) is 4.82. The molecule has 0 heterocycles. The third-order valence-corrected chi connectivity index (χ3v) is 4.96. The first-order valence-electron chi connectivity index (χ1n) is 7.30. The van der Waals surface area contributed by atoms with Gasteiger partial charge in [0.05, 0.1) is 5.75 Å². The highest BCUT2D eigenvalue weighted by atomic mass is 32.2. The Kier molecular flexibility index (Phi) is 7.19. The molecule has 5 heteroatoms. The van der Waals surface area contributed by atoms with Gasteiger partial charge in [0.1, 0.15) is 0 Å². The van der Waals surface area contributed by atoms with Gasteiger partial charge in [-0.25, -0.2) is 13.1 Å². The van der Waals surface area contributed by atoms with Crippen LogP contribution in [-0.4, -0.2) is 38.7 Å². The van der Waals surface area contributed by atoms with Gasteiger partial charge in [0, 0.05) is 12.6 Å². The Morgan fingerprint density at radius 2 is 1.70 bits per heavy atom. The predicted octanol–water partition coefficient (Wildman–Crippen LogP) is 2.40. The molecule has 114 valence electrons. The second-order valence-corrected chi connectivity index (χ2v) is 6.74. The molecule has 0 bridgehead atoms. The molecule has 1 unspecified atom stereocenters. The van der Waals surface area contributed by atoms with Crippen LogP contribution >= 0.6 is 0 Å². The first kappa shape index (κ1) is 17.1. The Morgan fingerprint density at radius 3 is 2.20 bits per heavy atom. The van der Waals surface area contributed by atoms with Gasteiger partial charge in [-0.1, -0.05) is 51.1 Å². The average molecular weight is 298 g/mol. The van der Waals surface area contributed by atoms with Gasteiger partial charge < -0.3 is 0 Å². The van der Waals surface area contributed by atoms with Crippen LogP contribution < -0.4 is 4.72 Å². The van der Waals surface area contributed by atoms with E-state index in [1.54, 1.807) is 0 Å². The Labute approximate surface area is 123 Å². The normalized spacial score (nSPS) is 13.6. The molecule has 0 fully saturated rings. The van der Waals surface area contributed by atoms with Gasteiger partial charge in [-0.05, 0) is 25.1 Å². The van der Waals surface area contributed by atoms with Crippen LogP contribution in [-0.2, 0) is 10.0 Å². The number of rotatable bonds is 9. The van der Waals surface area contributed by atoms with E-state index in [2.05, 4.69) is 35.6 Å². The van der Waals surface area contributed by atoms with E-state index in [0.717, 1.165) is 18.7 Å². The number of likely N-dealkylation sites (N-methyl/N-ethyl adjacent to an activating group) is 1. The van der Waals surface area contributed by atoms with Crippen molar-refractivity contribution in [2.45, 2.75) is 33.2 Å². The summed E-state index contributed by atoms with van der Waals surface area (Å²) in [6.07, 6.45) is 0.636. The van der Waals surface area contributed by atoms with Crippen molar-refractivity contribution in [2.24, 2.45) is 0 Å². The lowest BCUT2D eigenvalue weighted by Gasteiger charge is -2.30. The molecule has 0 aliphatic carbocycles. The third-order valence-electron chi connectivity index (χ3n) is 3.41. The number of sulfonamides is 1. The van der Waals surface area contributed by atoms with Crippen molar-refractivity contribution >= 4 is 10.0 Å². The summed E-state index contributed by atoms with van der Waals surface area (Å²) in [4.78, 5) is 2.27. The SMILES string of the molecule is CCCS(=O)(=O)NCC(c1ccccc1)N(CC)CC. The summed E-state index contributed by atoms with van der Waals surface area (Å²) in [5.74, 6) is 0.187. The molecule has 1 aromatic rings. The number of hydrogen-bond acceptors (Lipinski definition) is 3. The largest absolute Gasteiger partial charge is 0.296 e. The van der Waals surface area contributed by atoms with Crippen LogP contribution in [0.4, 0.5) is 0 Å². The van der Waals surface area contributed by atoms with E-state index < -0.39 is 10.0 Å². The predicted molar refractivity (Wildman–Crippen MR) is 84.2 cm³/mol. The Bertz CT molecular complexity index is 470. The van der Waals surface area contributed by atoms with Gasteiger partial charge in [-0.15, -0.1) is 0 Å². The van der Waals surface area contributed by atoms with Crippen molar-refractivity contribution in [3.8, 4) is 0 Å². The van der Waals surface area contributed by atoms with Gasteiger partial charge >= 0.3 is 0 Å². The lowest BCUT2D eigenvalue weighted by Crippen LogP contribution is -2.38. The minimum Gasteiger partial charge on any atom is -0.296 e. The molecular formula is C15H26N2O2S. The molecule has 1 N–H and O–H groups in total. The van der Waals surface area contributed by atoms with Crippen molar-refractivity contribution in [1.82, 2.24) is 9.62 Å². The fraction of sp³-hybridized carbons (Fsp3) is 0.600. The lowest BCUT2D eigenvalue weighted by atomic mass is 10.1. The number of benzene rings is 1. The highest BCUT2D eigenvalue weighted by Crippen LogP contribution is 2.19. The monoisotopic (exact) mass is 298 g/mol. The molecular weight excluding hydrogens is 272 g/mol. The molecule has 4 nitrogen and oxygen atoms in total. The summed E-state index contributed by atoms with van der Waals surface area (Å²) < 4.78 is 26.4. The number of nitrogens with one attached hydrogen (secondary N) is 1. The van der Waals surface area contributed by atoms with Gasteiger partial charge in [0.2, 0.25) is 10.0 Å². The van der Waals surface area contributed by atoms with Crippen LogP contribution in [0.3, 0.4) is 0 Å². The minimum absolute atomic E-state index is 0.0813. The van der Waals surface area contributed by atoms with Crippen LogP contribution in [0.2, 0.25) is 0 Å². The van der Waals surface area contributed by atoms with Gasteiger partial charge in [0.15, 0.2) is 0 Å².